The molecule has 1 unspecified atom stereocenters. The molecule has 0 bridgehead atoms. The summed E-state index contributed by atoms with van der Waals surface area (Å²) >= 11 is 3.17. The van der Waals surface area contributed by atoms with Crippen LogP contribution in [0.5, 0.6) is 0 Å². The molecule has 0 spiro atoms. The first kappa shape index (κ1) is 12.3. The van der Waals surface area contributed by atoms with Crippen molar-refractivity contribution in [3.8, 4) is 0 Å². The lowest BCUT2D eigenvalue weighted by Gasteiger charge is -2.12. The molecule has 1 atom stereocenters. The maximum absolute atomic E-state index is 13.6. The molecule has 0 fully saturated rings. The molecule has 0 radical (unpaired) electrons. The van der Waals surface area contributed by atoms with Crippen LogP contribution in [0.2, 0.25) is 0 Å². The minimum atomic E-state index is -0.855. The number of halogens is 2. The van der Waals surface area contributed by atoms with E-state index < -0.39 is 11.9 Å². The Balaban J connectivity index is 3.16. The number of carbonyl (C=O) groups excluding carboxylic acids is 1. The van der Waals surface area contributed by atoms with Crippen LogP contribution in [0.3, 0.4) is 0 Å². The molecule has 1 aromatic carbocycles. The summed E-state index contributed by atoms with van der Waals surface area (Å²) in [4.78, 5) is 10.6. The first-order valence-corrected chi connectivity index (χ1v) is 5.51. The summed E-state index contributed by atoms with van der Waals surface area (Å²) in [7, 11) is 0. The zero-order chi connectivity index (χ0) is 11.4. The van der Waals surface area contributed by atoms with Crippen molar-refractivity contribution in [2.45, 2.75) is 25.9 Å². The highest BCUT2D eigenvalue weighted by atomic mass is 79.9. The summed E-state index contributed by atoms with van der Waals surface area (Å²) in [5.41, 5.74) is 0.142. The van der Waals surface area contributed by atoms with Crippen LogP contribution >= 0.6 is 15.9 Å². The first-order chi connectivity index (χ1) is 7.10. The predicted octanol–water partition coefficient (Wildman–Crippen LogP) is 3.23. The molecule has 0 amide bonds. The van der Waals surface area contributed by atoms with E-state index >= 15 is 0 Å². The molecule has 0 aliphatic rings. The number of benzene rings is 1. The molecule has 2 nitrogen and oxygen atoms in total. The van der Waals surface area contributed by atoms with Crippen molar-refractivity contribution in [3.05, 3.63) is 33.5 Å². The molecule has 0 aliphatic heterocycles. The first-order valence-electron chi connectivity index (χ1n) is 4.72. The second-order valence-corrected chi connectivity index (χ2v) is 4.24. The summed E-state index contributed by atoms with van der Waals surface area (Å²) in [5.74, 6) is -0.630. The second kappa shape index (κ2) is 5.37. The zero-order valence-electron chi connectivity index (χ0n) is 8.34. The lowest BCUT2D eigenvalue weighted by Crippen LogP contribution is -2.03. The van der Waals surface area contributed by atoms with Gasteiger partial charge in [-0.25, -0.2) is 4.39 Å². The Kier molecular flexibility index (Phi) is 4.42. The van der Waals surface area contributed by atoms with E-state index in [1.54, 1.807) is 0 Å². The summed E-state index contributed by atoms with van der Waals surface area (Å²) in [6, 6.07) is 2.90. The number of carbonyl (C=O) groups is 1. The van der Waals surface area contributed by atoms with Crippen molar-refractivity contribution in [1.82, 2.24) is 0 Å². The maximum atomic E-state index is 13.6. The van der Waals surface area contributed by atoms with Crippen LogP contribution in [0.1, 0.15) is 41.8 Å². The van der Waals surface area contributed by atoms with Crippen LogP contribution < -0.4 is 0 Å². The van der Waals surface area contributed by atoms with Gasteiger partial charge >= 0.3 is 0 Å². The van der Waals surface area contributed by atoms with Gasteiger partial charge in [-0.1, -0.05) is 29.3 Å². The molecule has 1 aromatic rings. The van der Waals surface area contributed by atoms with Crippen LogP contribution in [0.15, 0.2) is 16.6 Å². The SMILES string of the molecule is CCCC(O)c1cc(Br)cc(C=O)c1F. The summed E-state index contributed by atoms with van der Waals surface area (Å²) in [6.07, 6.45) is 0.823. The van der Waals surface area contributed by atoms with E-state index in [-0.39, 0.29) is 11.1 Å². The molecular formula is C11H12BrFO2. The summed E-state index contributed by atoms with van der Waals surface area (Å²) < 4.78 is 14.2. The van der Waals surface area contributed by atoms with Crippen molar-refractivity contribution in [1.29, 1.82) is 0 Å². The number of aliphatic hydroxyl groups is 1. The quantitative estimate of drug-likeness (QED) is 0.856. The molecule has 0 heterocycles. The van der Waals surface area contributed by atoms with Gasteiger partial charge in [-0.15, -0.1) is 0 Å². The fourth-order valence-corrected chi connectivity index (χ4v) is 1.88. The Morgan fingerprint density at radius 1 is 1.60 bits per heavy atom. The highest BCUT2D eigenvalue weighted by molar-refractivity contribution is 9.10. The van der Waals surface area contributed by atoms with Crippen molar-refractivity contribution < 1.29 is 14.3 Å². The van der Waals surface area contributed by atoms with E-state index in [0.29, 0.717) is 17.2 Å². The van der Waals surface area contributed by atoms with Gasteiger partial charge in [0.1, 0.15) is 5.82 Å². The molecule has 1 N–H and O–H groups in total. The molecule has 0 aromatic heterocycles. The molecule has 0 saturated heterocycles. The van der Waals surface area contributed by atoms with Crippen molar-refractivity contribution in [2.75, 3.05) is 0 Å². The third-order valence-electron chi connectivity index (χ3n) is 2.14. The van der Waals surface area contributed by atoms with Gasteiger partial charge in [0.2, 0.25) is 0 Å². The minimum absolute atomic E-state index is 0.0328. The van der Waals surface area contributed by atoms with Crippen LogP contribution in [-0.2, 0) is 0 Å². The van der Waals surface area contributed by atoms with Gasteiger partial charge in [-0.2, -0.15) is 0 Å². The van der Waals surface area contributed by atoms with Crippen molar-refractivity contribution in [3.63, 3.8) is 0 Å². The molecule has 1 rings (SSSR count). The number of rotatable bonds is 4. The average molecular weight is 275 g/mol. The van der Waals surface area contributed by atoms with Gasteiger partial charge in [0.25, 0.3) is 0 Å². The van der Waals surface area contributed by atoms with E-state index in [1.165, 1.54) is 12.1 Å². The average Bonchev–Trinajstić information content (AvgIpc) is 2.21. The van der Waals surface area contributed by atoms with Crippen LogP contribution in [0, 0.1) is 5.82 Å². The highest BCUT2D eigenvalue weighted by Gasteiger charge is 2.16. The lowest BCUT2D eigenvalue weighted by atomic mass is 10.0. The second-order valence-electron chi connectivity index (χ2n) is 3.32. The number of aliphatic hydroxyl groups excluding tert-OH is 1. The summed E-state index contributed by atoms with van der Waals surface area (Å²) in [6.45, 7) is 1.90. The number of aldehydes is 1. The normalized spacial score (nSPS) is 12.5. The molecular weight excluding hydrogens is 263 g/mol. The van der Waals surface area contributed by atoms with Gasteiger partial charge in [-0.05, 0) is 18.6 Å². The van der Waals surface area contributed by atoms with Gasteiger partial charge in [-0.3, -0.25) is 4.79 Å². The summed E-state index contributed by atoms with van der Waals surface area (Å²) in [5, 5.41) is 9.67. The van der Waals surface area contributed by atoms with E-state index in [9.17, 15) is 14.3 Å². The molecule has 15 heavy (non-hydrogen) atoms. The highest BCUT2D eigenvalue weighted by Crippen LogP contribution is 2.26. The topological polar surface area (TPSA) is 37.3 Å². The Morgan fingerprint density at radius 2 is 2.27 bits per heavy atom. The minimum Gasteiger partial charge on any atom is -0.388 e. The van der Waals surface area contributed by atoms with Crippen LogP contribution in [0.4, 0.5) is 4.39 Å². The molecule has 82 valence electrons. The predicted molar refractivity (Wildman–Crippen MR) is 59.4 cm³/mol. The van der Waals surface area contributed by atoms with E-state index in [2.05, 4.69) is 15.9 Å². The van der Waals surface area contributed by atoms with Crippen LogP contribution in [0.25, 0.3) is 0 Å². The van der Waals surface area contributed by atoms with Gasteiger partial charge in [0, 0.05) is 10.0 Å². The number of hydrogen-bond acceptors (Lipinski definition) is 2. The van der Waals surface area contributed by atoms with Crippen molar-refractivity contribution in [2.24, 2.45) is 0 Å². The molecule has 4 heteroatoms. The third-order valence-corrected chi connectivity index (χ3v) is 2.60. The molecule has 0 aliphatic carbocycles. The lowest BCUT2D eigenvalue weighted by molar-refractivity contribution is 0.111. The Labute approximate surface area is 96.2 Å². The Hall–Kier alpha value is -0.740. The fraction of sp³-hybridized carbons (Fsp3) is 0.364. The van der Waals surface area contributed by atoms with Crippen molar-refractivity contribution >= 4 is 22.2 Å². The fourth-order valence-electron chi connectivity index (χ4n) is 1.39. The van der Waals surface area contributed by atoms with Crippen LogP contribution in [-0.4, -0.2) is 11.4 Å². The number of hydrogen-bond donors (Lipinski definition) is 1. The van der Waals surface area contributed by atoms with Gasteiger partial charge in [0.15, 0.2) is 6.29 Å². The zero-order valence-corrected chi connectivity index (χ0v) is 9.92. The van der Waals surface area contributed by atoms with E-state index in [1.807, 2.05) is 6.92 Å². The van der Waals surface area contributed by atoms with Gasteiger partial charge < -0.3 is 5.11 Å². The van der Waals surface area contributed by atoms with E-state index in [4.69, 9.17) is 0 Å². The standard InChI is InChI=1S/C11H12BrFO2/c1-2-3-10(15)9-5-8(12)4-7(6-14)11(9)13/h4-6,10,15H,2-3H2,1H3. The largest absolute Gasteiger partial charge is 0.388 e. The van der Waals surface area contributed by atoms with E-state index in [0.717, 1.165) is 6.42 Å². The third kappa shape index (κ3) is 2.86. The Morgan fingerprint density at radius 3 is 2.80 bits per heavy atom. The van der Waals surface area contributed by atoms with Gasteiger partial charge in [0.05, 0.1) is 11.7 Å². The molecule has 0 saturated carbocycles. The maximum Gasteiger partial charge on any atom is 0.153 e. The Bertz CT molecular complexity index is 366. The monoisotopic (exact) mass is 274 g/mol. The smallest absolute Gasteiger partial charge is 0.153 e.